The highest BCUT2D eigenvalue weighted by molar-refractivity contribution is 7.86. The summed E-state index contributed by atoms with van der Waals surface area (Å²) in [7, 11) is -4.53. The standard InChI is InChI=1S/C10H17NO8S/c1-3-18-9(13)5-7(10(14)19-4-2)11-8(12)6-20(15,16)17/h7H,3-6H2,1-2H3,(H,11,12)(H,15,16,17). The summed E-state index contributed by atoms with van der Waals surface area (Å²) in [6.45, 7) is 3.20. The minimum atomic E-state index is -4.53. The third-order valence-electron chi connectivity index (χ3n) is 1.90. The molecule has 1 atom stereocenters. The van der Waals surface area contributed by atoms with Gasteiger partial charge in [-0.05, 0) is 13.8 Å². The summed E-state index contributed by atoms with van der Waals surface area (Å²) in [4.78, 5) is 34.1. The predicted molar refractivity (Wildman–Crippen MR) is 66.2 cm³/mol. The van der Waals surface area contributed by atoms with Gasteiger partial charge in [-0.2, -0.15) is 8.42 Å². The maximum absolute atomic E-state index is 11.5. The van der Waals surface area contributed by atoms with Crippen molar-refractivity contribution in [3.63, 3.8) is 0 Å². The SMILES string of the molecule is CCOC(=O)CC(NC(=O)CS(=O)(=O)O)C(=O)OCC. The Balaban J connectivity index is 4.72. The Morgan fingerprint density at radius 3 is 2.15 bits per heavy atom. The van der Waals surface area contributed by atoms with Gasteiger partial charge in [0.25, 0.3) is 10.1 Å². The largest absolute Gasteiger partial charge is 0.466 e. The van der Waals surface area contributed by atoms with Crippen molar-refractivity contribution in [2.24, 2.45) is 0 Å². The fourth-order valence-corrected chi connectivity index (χ4v) is 1.64. The van der Waals surface area contributed by atoms with Gasteiger partial charge in [0.05, 0.1) is 19.6 Å². The lowest BCUT2D eigenvalue weighted by atomic mass is 10.2. The van der Waals surface area contributed by atoms with Crippen molar-refractivity contribution in [3.05, 3.63) is 0 Å². The third-order valence-corrected chi connectivity index (χ3v) is 2.52. The lowest BCUT2D eigenvalue weighted by molar-refractivity contribution is -0.153. The van der Waals surface area contributed by atoms with Crippen LogP contribution in [-0.4, -0.2) is 55.8 Å². The van der Waals surface area contributed by atoms with E-state index in [-0.39, 0.29) is 13.2 Å². The van der Waals surface area contributed by atoms with Crippen LogP contribution in [0.3, 0.4) is 0 Å². The average Bonchev–Trinajstić information content (AvgIpc) is 2.26. The Morgan fingerprint density at radius 1 is 1.15 bits per heavy atom. The Labute approximate surface area is 116 Å². The molecule has 0 radical (unpaired) electrons. The summed E-state index contributed by atoms with van der Waals surface area (Å²) in [5, 5.41) is 1.99. The lowest BCUT2D eigenvalue weighted by Gasteiger charge is -2.16. The molecular weight excluding hydrogens is 294 g/mol. The van der Waals surface area contributed by atoms with Crippen LogP contribution in [0.2, 0.25) is 0 Å². The van der Waals surface area contributed by atoms with Gasteiger partial charge in [-0.15, -0.1) is 0 Å². The molecule has 1 amide bonds. The minimum absolute atomic E-state index is 0.0202. The summed E-state index contributed by atoms with van der Waals surface area (Å²) >= 11 is 0. The van der Waals surface area contributed by atoms with Gasteiger partial charge in [0, 0.05) is 0 Å². The quantitative estimate of drug-likeness (QED) is 0.425. The molecule has 0 aliphatic heterocycles. The fraction of sp³-hybridized carbons (Fsp3) is 0.700. The van der Waals surface area contributed by atoms with Crippen molar-refractivity contribution >= 4 is 28.0 Å². The Hall–Kier alpha value is -1.68. The molecular formula is C10H17NO8S. The van der Waals surface area contributed by atoms with E-state index < -0.39 is 46.2 Å². The number of nitrogens with one attached hydrogen (secondary N) is 1. The van der Waals surface area contributed by atoms with Crippen molar-refractivity contribution in [1.29, 1.82) is 0 Å². The van der Waals surface area contributed by atoms with E-state index in [1.165, 1.54) is 6.92 Å². The third kappa shape index (κ3) is 8.43. The van der Waals surface area contributed by atoms with Crippen LogP contribution >= 0.6 is 0 Å². The Kier molecular flexibility index (Phi) is 7.77. The van der Waals surface area contributed by atoms with E-state index in [1.807, 2.05) is 5.32 Å². The molecule has 9 nitrogen and oxygen atoms in total. The van der Waals surface area contributed by atoms with Gasteiger partial charge in [-0.1, -0.05) is 0 Å². The Bertz CT molecular complexity index is 458. The Morgan fingerprint density at radius 2 is 1.70 bits per heavy atom. The van der Waals surface area contributed by atoms with Gasteiger partial charge in [0.1, 0.15) is 6.04 Å². The van der Waals surface area contributed by atoms with Crippen LogP contribution in [0, 0.1) is 0 Å². The molecule has 0 fully saturated rings. The van der Waals surface area contributed by atoms with Gasteiger partial charge in [0.2, 0.25) is 5.91 Å². The number of carbonyl (C=O) groups is 3. The molecule has 1 unspecified atom stereocenters. The number of rotatable bonds is 8. The van der Waals surface area contributed by atoms with Crippen LogP contribution < -0.4 is 5.32 Å². The normalized spacial score (nSPS) is 12.3. The molecule has 0 aliphatic carbocycles. The van der Waals surface area contributed by atoms with Crippen LogP contribution in [0.25, 0.3) is 0 Å². The van der Waals surface area contributed by atoms with Crippen molar-refractivity contribution in [3.8, 4) is 0 Å². The van der Waals surface area contributed by atoms with Gasteiger partial charge >= 0.3 is 11.9 Å². The summed E-state index contributed by atoms with van der Waals surface area (Å²) in [6, 6.07) is -1.37. The van der Waals surface area contributed by atoms with Crippen LogP contribution in [0.15, 0.2) is 0 Å². The zero-order chi connectivity index (χ0) is 15.8. The summed E-state index contributed by atoms with van der Waals surface area (Å²) in [5.41, 5.74) is 0. The number of hydrogen-bond donors (Lipinski definition) is 2. The zero-order valence-corrected chi connectivity index (χ0v) is 11.9. The monoisotopic (exact) mass is 311 g/mol. The van der Waals surface area contributed by atoms with Crippen molar-refractivity contribution in [2.45, 2.75) is 26.3 Å². The fourth-order valence-electron chi connectivity index (χ4n) is 1.22. The van der Waals surface area contributed by atoms with Gasteiger partial charge in [0.15, 0.2) is 5.75 Å². The van der Waals surface area contributed by atoms with Crippen LogP contribution in [0.5, 0.6) is 0 Å². The summed E-state index contributed by atoms with van der Waals surface area (Å²) in [5.74, 6) is -4.00. The summed E-state index contributed by atoms with van der Waals surface area (Å²) in [6.07, 6.45) is -0.496. The van der Waals surface area contributed by atoms with Crippen molar-refractivity contribution in [1.82, 2.24) is 5.32 Å². The van der Waals surface area contributed by atoms with Gasteiger partial charge in [-0.3, -0.25) is 14.1 Å². The second-order valence-corrected chi connectivity index (χ2v) is 5.06. The molecule has 0 aliphatic rings. The molecule has 0 spiro atoms. The molecule has 0 heterocycles. The first-order valence-corrected chi connectivity index (χ1v) is 7.37. The van der Waals surface area contributed by atoms with Gasteiger partial charge < -0.3 is 14.8 Å². The first kappa shape index (κ1) is 18.3. The van der Waals surface area contributed by atoms with Gasteiger partial charge in [-0.25, -0.2) is 4.79 Å². The maximum atomic E-state index is 11.5. The van der Waals surface area contributed by atoms with E-state index in [4.69, 9.17) is 4.55 Å². The van der Waals surface area contributed by atoms with Crippen molar-refractivity contribution < 1.29 is 36.8 Å². The molecule has 2 N–H and O–H groups in total. The topological polar surface area (TPSA) is 136 Å². The second-order valence-electron chi connectivity index (χ2n) is 3.61. The number of carbonyl (C=O) groups excluding carboxylic acids is 3. The molecule has 20 heavy (non-hydrogen) atoms. The van der Waals surface area contributed by atoms with E-state index in [0.717, 1.165) is 0 Å². The molecule has 0 bridgehead atoms. The number of ether oxygens (including phenoxy) is 2. The molecule has 0 rings (SSSR count). The van der Waals surface area contributed by atoms with E-state index in [0.29, 0.717) is 0 Å². The lowest BCUT2D eigenvalue weighted by Crippen LogP contribution is -2.45. The van der Waals surface area contributed by atoms with E-state index in [1.54, 1.807) is 6.92 Å². The van der Waals surface area contributed by atoms with Crippen LogP contribution in [-0.2, 0) is 34.0 Å². The molecule has 116 valence electrons. The molecule has 0 saturated carbocycles. The smallest absolute Gasteiger partial charge is 0.329 e. The molecule has 10 heteroatoms. The first-order valence-electron chi connectivity index (χ1n) is 5.76. The van der Waals surface area contributed by atoms with Crippen LogP contribution in [0.1, 0.15) is 20.3 Å². The highest BCUT2D eigenvalue weighted by Crippen LogP contribution is 2.00. The zero-order valence-electron chi connectivity index (χ0n) is 11.1. The molecule has 0 aromatic rings. The minimum Gasteiger partial charge on any atom is -0.466 e. The molecule has 0 aromatic heterocycles. The highest BCUT2D eigenvalue weighted by Gasteiger charge is 2.27. The molecule has 0 saturated heterocycles. The van der Waals surface area contributed by atoms with Crippen molar-refractivity contribution in [2.75, 3.05) is 19.0 Å². The number of hydrogen-bond acceptors (Lipinski definition) is 7. The predicted octanol–water partition coefficient (Wildman–Crippen LogP) is -1.12. The van der Waals surface area contributed by atoms with E-state index in [2.05, 4.69) is 9.47 Å². The number of esters is 2. The number of amides is 1. The molecule has 0 aromatic carbocycles. The summed E-state index contributed by atoms with van der Waals surface area (Å²) < 4.78 is 38.8. The maximum Gasteiger partial charge on any atom is 0.329 e. The van der Waals surface area contributed by atoms with E-state index >= 15 is 0 Å². The second kappa shape index (κ2) is 8.48. The van der Waals surface area contributed by atoms with E-state index in [9.17, 15) is 22.8 Å². The first-order chi connectivity index (χ1) is 9.19. The van der Waals surface area contributed by atoms with Crippen LogP contribution in [0.4, 0.5) is 0 Å². The highest BCUT2D eigenvalue weighted by atomic mass is 32.2. The average molecular weight is 311 g/mol.